The van der Waals surface area contributed by atoms with Crippen molar-refractivity contribution < 1.29 is 14.5 Å². The molecule has 2 fully saturated rings. The number of methoxy groups -OCH3 is 1. The van der Waals surface area contributed by atoms with Gasteiger partial charge in [0, 0.05) is 37.4 Å². The molecule has 7 nitrogen and oxygen atoms in total. The average Bonchev–Trinajstić information content (AvgIpc) is 2.60. The van der Waals surface area contributed by atoms with Crippen LogP contribution in [0.3, 0.4) is 0 Å². The Hall–Kier alpha value is -2.15. The first-order valence-corrected chi connectivity index (χ1v) is 7.96. The summed E-state index contributed by atoms with van der Waals surface area (Å²) in [6, 6.07) is 5.25. The Labute approximate surface area is 135 Å². The van der Waals surface area contributed by atoms with E-state index in [0.29, 0.717) is 6.04 Å². The predicted molar refractivity (Wildman–Crippen MR) is 85.9 cm³/mol. The van der Waals surface area contributed by atoms with E-state index in [1.54, 1.807) is 12.1 Å². The first-order valence-electron chi connectivity index (χ1n) is 7.96. The fraction of sp³-hybridized carbons (Fsp3) is 0.562. The summed E-state index contributed by atoms with van der Waals surface area (Å²) < 4.78 is 4.69. The van der Waals surface area contributed by atoms with Crippen LogP contribution in [0.5, 0.6) is 0 Å². The molecule has 0 amide bonds. The average molecular weight is 319 g/mol. The van der Waals surface area contributed by atoms with Gasteiger partial charge in [0.2, 0.25) is 0 Å². The summed E-state index contributed by atoms with van der Waals surface area (Å²) in [4.78, 5) is 27.1. The van der Waals surface area contributed by atoms with Crippen LogP contribution < -0.4 is 4.90 Å². The standard InChI is InChI=1S/C16H21N3O4/c1-23-16(20)14-10-12(5-6-15(14)19(21)22)18-9-8-17-7-3-2-4-13(17)11-18/h5-6,10,13H,2-4,7-9,11H2,1H3. The van der Waals surface area contributed by atoms with Crippen molar-refractivity contribution in [3.8, 4) is 0 Å². The van der Waals surface area contributed by atoms with Gasteiger partial charge in [-0.05, 0) is 31.5 Å². The fourth-order valence-corrected chi connectivity index (χ4v) is 3.54. The van der Waals surface area contributed by atoms with Gasteiger partial charge in [-0.2, -0.15) is 0 Å². The van der Waals surface area contributed by atoms with Crippen LogP contribution in [0.2, 0.25) is 0 Å². The number of nitro benzene ring substituents is 1. The Morgan fingerprint density at radius 3 is 2.87 bits per heavy atom. The lowest BCUT2D eigenvalue weighted by atomic mass is 9.99. The zero-order chi connectivity index (χ0) is 16.4. The van der Waals surface area contributed by atoms with Gasteiger partial charge in [-0.1, -0.05) is 6.42 Å². The van der Waals surface area contributed by atoms with E-state index in [-0.39, 0.29) is 11.3 Å². The van der Waals surface area contributed by atoms with Crippen LogP contribution in [-0.4, -0.2) is 55.1 Å². The van der Waals surface area contributed by atoms with Gasteiger partial charge in [0.15, 0.2) is 0 Å². The summed E-state index contributed by atoms with van der Waals surface area (Å²) in [6.07, 6.45) is 3.70. The molecule has 1 aromatic rings. The predicted octanol–water partition coefficient (Wildman–Crippen LogP) is 2.06. The lowest BCUT2D eigenvalue weighted by Gasteiger charge is -2.45. The highest BCUT2D eigenvalue weighted by Crippen LogP contribution is 2.29. The van der Waals surface area contributed by atoms with Crippen molar-refractivity contribution in [3.63, 3.8) is 0 Å². The first kappa shape index (κ1) is 15.7. The molecule has 0 bridgehead atoms. The van der Waals surface area contributed by atoms with Crippen LogP contribution in [0, 0.1) is 10.1 Å². The molecule has 2 saturated heterocycles. The zero-order valence-corrected chi connectivity index (χ0v) is 13.2. The molecule has 1 atom stereocenters. The lowest BCUT2D eigenvalue weighted by Crippen LogP contribution is -2.54. The maximum Gasteiger partial charge on any atom is 0.344 e. The SMILES string of the molecule is COC(=O)c1cc(N2CCN3CCCCC3C2)ccc1[N+](=O)[O-]. The minimum absolute atomic E-state index is 0.0149. The van der Waals surface area contributed by atoms with Crippen LogP contribution >= 0.6 is 0 Å². The van der Waals surface area contributed by atoms with Crippen molar-refractivity contribution in [2.75, 3.05) is 38.2 Å². The lowest BCUT2D eigenvalue weighted by molar-refractivity contribution is -0.385. The van der Waals surface area contributed by atoms with Gasteiger partial charge in [0.25, 0.3) is 5.69 Å². The van der Waals surface area contributed by atoms with Gasteiger partial charge in [-0.3, -0.25) is 15.0 Å². The van der Waals surface area contributed by atoms with E-state index in [1.165, 1.54) is 32.4 Å². The highest BCUT2D eigenvalue weighted by molar-refractivity contribution is 5.95. The molecule has 1 aromatic carbocycles. The number of ether oxygens (including phenoxy) is 1. The number of hydrogen-bond donors (Lipinski definition) is 0. The molecule has 3 rings (SSSR count). The van der Waals surface area contributed by atoms with E-state index in [9.17, 15) is 14.9 Å². The largest absolute Gasteiger partial charge is 0.465 e. The fourth-order valence-electron chi connectivity index (χ4n) is 3.54. The van der Waals surface area contributed by atoms with Crippen molar-refractivity contribution in [1.29, 1.82) is 0 Å². The number of fused-ring (bicyclic) bond motifs is 1. The number of carbonyl (C=O) groups is 1. The van der Waals surface area contributed by atoms with Gasteiger partial charge >= 0.3 is 5.97 Å². The monoisotopic (exact) mass is 319 g/mol. The molecule has 124 valence electrons. The number of rotatable bonds is 3. The molecule has 0 radical (unpaired) electrons. The van der Waals surface area contributed by atoms with Crippen LogP contribution in [0.1, 0.15) is 29.6 Å². The molecule has 2 heterocycles. The van der Waals surface area contributed by atoms with Gasteiger partial charge < -0.3 is 9.64 Å². The van der Waals surface area contributed by atoms with Crippen molar-refractivity contribution >= 4 is 17.3 Å². The van der Waals surface area contributed by atoms with Crippen LogP contribution in [0.4, 0.5) is 11.4 Å². The number of carbonyl (C=O) groups excluding carboxylic acids is 1. The van der Waals surface area contributed by atoms with Crippen LogP contribution in [0.25, 0.3) is 0 Å². The molecule has 0 saturated carbocycles. The highest BCUT2D eigenvalue weighted by Gasteiger charge is 2.30. The minimum atomic E-state index is -0.671. The molecule has 2 aliphatic heterocycles. The van der Waals surface area contributed by atoms with Crippen molar-refractivity contribution in [2.24, 2.45) is 0 Å². The molecule has 0 N–H and O–H groups in total. The zero-order valence-electron chi connectivity index (χ0n) is 13.2. The molecule has 1 unspecified atom stereocenters. The second kappa shape index (κ2) is 6.54. The van der Waals surface area contributed by atoms with Crippen molar-refractivity contribution in [1.82, 2.24) is 4.90 Å². The van der Waals surface area contributed by atoms with E-state index in [2.05, 4.69) is 14.5 Å². The van der Waals surface area contributed by atoms with E-state index >= 15 is 0 Å². The molecule has 0 aliphatic carbocycles. The summed E-state index contributed by atoms with van der Waals surface area (Å²) in [7, 11) is 1.24. The molecular formula is C16H21N3O4. The molecular weight excluding hydrogens is 298 g/mol. The number of nitro groups is 1. The van der Waals surface area contributed by atoms with E-state index in [1.807, 2.05) is 0 Å². The van der Waals surface area contributed by atoms with Crippen molar-refractivity contribution in [2.45, 2.75) is 25.3 Å². The van der Waals surface area contributed by atoms with E-state index < -0.39 is 10.9 Å². The number of esters is 1. The maximum atomic E-state index is 11.8. The molecule has 23 heavy (non-hydrogen) atoms. The second-order valence-electron chi connectivity index (χ2n) is 6.08. The number of benzene rings is 1. The highest BCUT2D eigenvalue weighted by atomic mass is 16.6. The van der Waals surface area contributed by atoms with Crippen LogP contribution in [0.15, 0.2) is 18.2 Å². The van der Waals surface area contributed by atoms with Crippen molar-refractivity contribution in [3.05, 3.63) is 33.9 Å². The Kier molecular flexibility index (Phi) is 4.47. The quantitative estimate of drug-likeness (QED) is 0.482. The number of piperazine rings is 1. The Bertz CT molecular complexity index is 619. The third-order valence-corrected chi connectivity index (χ3v) is 4.78. The number of piperidine rings is 1. The summed E-state index contributed by atoms with van der Waals surface area (Å²) >= 11 is 0. The number of nitrogens with zero attached hydrogens (tertiary/aromatic N) is 3. The third kappa shape index (κ3) is 3.14. The Balaban J connectivity index is 1.85. The Morgan fingerprint density at radius 1 is 1.30 bits per heavy atom. The molecule has 2 aliphatic rings. The van der Waals surface area contributed by atoms with E-state index in [0.717, 1.165) is 31.9 Å². The molecule has 0 aromatic heterocycles. The topological polar surface area (TPSA) is 75.9 Å². The van der Waals surface area contributed by atoms with Gasteiger partial charge in [-0.15, -0.1) is 0 Å². The summed E-state index contributed by atoms with van der Waals surface area (Å²) in [5, 5.41) is 11.1. The third-order valence-electron chi connectivity index (χ3n) is 4.78. The smallest absolute Gasteiger partial charge is 0.344 e. The maximum absolute atomic E-state index is 11.8. The molecule has 7 heteroatoms. The Morgan fingerprint density at radius 2 is 2.13 bits per heavy atom. The summed E-state index contributed by atoms with van der Waals surface area (Å²) in [6.45, 7) is 3.93. The second-order valence-corrected chi connectivity index (χ2v) is 6.08. The van der Waals surface area contributed by atoms with E-state index in [4.69, 9.17) is 0 Å². The first-order chi connectivity index (χ1) is 11.1. The van der Waals surface area contributed by atoms with Gasteiger partial charge in [0.1, 0.15) is 5.56 Å². The van der Waals surface area contributed by atoms with Gasteiger partial charge in [-0.25, -0.2) is 4.79 Å². The minimum Gasteiger partial charge on any atom is -0.465 e. The normalized spacial score (nSPS) is 21.6. The number of anilines is 1. The molecule has 0 spiro atoms. The summed E-state index contributed by atoms with van der Waals surface area (Å²) in [5.41, 5.74) is 0.652. The summed E-state index contributed by atoms with van der Waals surface area (Å²) in [5.74, 6) is -0.671. The number of hydrogen-bond acceptors (Lipinski definition) is 6. The van der Waals surface area contributed by atoms with Crippen LogP contribution in [-0.2, 0) is 4.74 Å². The van der Waals surface area contributed by atoms with Gasteiger partial charge in [0.05, 0.1) is 12.0 Å².